The highest BCUT2D eigenvalue weighted by atomic mass is 19.1. The SMILES string of the molecule is CC([11CH3])(C(=O)O)c1ccc(-c2ccccc2)c(F)c1. The molecular formula is C16H15FO2. The van der Waals surface area contributed by atoms with Crippen LogP contribution in [0.3, 0.4) is 0 Å². The van der Waals surface area contributed by atoms with E-state index in [1.165, 1.54) is 6.07 Å². The summed E-state index contributed by atoms with van der Waals surface area (Å²) < 4.78 is 14.1. The molecule has 0 aliphatic heterocycles. The molecule has 2 nitrogen and oxygen atoms in total. The summed E-state index contributed by atoms with van der Waals surface area (Å²) in [6, 6.07) is 13.8. The minimum Gasteiger partial charge on any atom is -0.481 e. The number of carboxylic acids is 1. The van der Waals surface area contributed by atoms with Gasteiger partial charge in [-0.2, -0.15) is 0 Å². The molecule has 0 aromatic heterocycles. The largest absolute Gasteiger partial charge is 0.481 e. The number of carboxylic acid groups (broad SMARTS) is 1. The molecular weight excluding hydrogens is 242 g/mol. The molecule has 0 amide bonds. The first-order valence-electron chi connectivity index (χ1n) is 6.02. The van der Waals surface area contributed by atoms with Crippen LogP contribution in [0.25, 0.3) is 11.1 Å². The zero-order valence-electron chi connectivity index (χ0n) is 10.9. The van der Waals surface area contributed by atoms with E-state index >= 15 is 0 Å². The molecule has 98 valence electrons. The quantitative estimate of drug-likeness (QED) is 0.906. The summed E-state index contributed by atoms with van der Waals surface area (Å²) in [5.41, 5.74) is 0.609. The van der Waals surface area contributed by atoms with Crippen LogP contribution in [0.2, 0.25) is 0 Å². The summed E-state index contributed by atoms with van der Waals surface area (Å²) in [7, 11) is 0. The van der Waals surface area contributed by atoms with Gasteiger partial charge in [-0.1, -0.05) is 42.5 Å². The van der Waals surface area contributed by atoms with E-state index in [1.807, 2.05) is 30.3 Å². The Morgan fingerprint density at radius 2 is 1.74 bits per heavy atom. The van der Waals surface area contributed by atoms with Gasteiger partial charge in [0.1, 0.15) is 5.82 Å². The highest BCUT2D eigenvalue weighted by molar-refractivity contribution is 5.80. The fourth-order valence-corrected chi connectivity index (χ4v) is 1.88. The summed E-state index contributed by atoms with van der Waals surface area (Å²) in [5, 5.41) is 9.15. The van der Waals surface area contributed by atoms with Crippen LogP contribution in [-0.2, 0) is 10.2 Å². The molecule has 0 radical (unpaired) electrons. The van der Waals surface area contributed by atoms with Crippen LogP contribution in [-0.4, -0.2) is 11.1 Å². The van der Waals surface area contributed by atoms with E-state index in [9.17, 15) is 9.18 Å². The zero-order chi connectivity index (χ0) is 14.0. The van der Waals surface area contributed by atoms with Crippen molar-refractivity contribution in [1.29, 1.82) is 0 Å². The lowest BCUT2D eigenvalue weighted by atomic mass is 9.70. The highest BCUT2D eigenvalue weighted by Gasteiger charge is 2.30. The van der Waals surface area contributed by atoms with Crippen LogP contribution in [0.5, 0.6) is 0 Å². The lowest BCUT2D eigenvalue weighted by molar-refractivity contribution is -0.142. The van der Waals surface area contributed by atoms with Crippen molar-refractivity contribution in [1.82, 2.24) is 0 Å². The third-order valence-corrected chi connectivity index (χ3v) is 3.31. The van der Waals surface area contributed by atoms with E-state index in [0.717, 1.165) is 5.56 Å². The molecule has 0 heterocycles. The second-order valence-corrected chi connectivity index (χ2v) is 4.99. The number of carbonyl (C=O) groups is 1. The number of hydrogen-bond donors (Lipinski definition) is 1. The van der Waals surface area contributed by atoms with E-state index in [1.54, 1.807) is 26.0 Å². The second-order valence-electron chi connectivity index (χ2n) is 4.99. The lowest BCUT2D eigenvalue weighted by Crippen LogP contribution is -2.28. The zero-order valence-corrected chi connectivity index (χ0v) is 10.9. The monoisotopic (exact) mass is 257 g/mol. The molecule has 19 heavy (non-hydrogen) atoms. The van der Waals surface area contributed by atoms with Crippen molar-refractivity contribution in [2.75, 3.05) is 0 Å². The predicted molar refractivity (Wildman–Crippen MR) is 72.5 cm³/mol. The van der Waals surface area contributed by atoms with E-state index < -0.39 is 17.2 Å². The Hall–Kier alpha value is -2.16. The first-order valence-corrected chi connectivity index (χ1v) is 6.02. The molecule has 2 rings (SSSR count). The van der Waals surface area contributed by atoms with E-state index in [4.69, 9.17) is 5.11 Å². The summed E-state index contributed by atoms with van der Waals surface area (Å²) in [6.45, 7) is 3.12. The van der Waals surface area contributed by atoms with Crippen molar-refractivity contribution >= 4 is 5.97 Å². The van der Waals surface area contributed by atoms with Crippen molar-refractivity contribution in [2.24, 2.45) is 0 Å². The average Bonchev–Trinajstić information content (AvgIpc) is 2.39. The van der Waals surface area contributed by atoms with Gasteiger partial charge in [0.15, 0.2) is 0 Å². The molecule has 0 saturated carbocycles. The Bertz CT molecular complexity index is 603. The molecule has 0 spiro atoms. The summed E-state index contributed by atoms with van der Waals surface area (Å²) >= 11 is 0. The number of benzene rings is 2. The van der Waals surface area contributed by atoms with Gasteiger partial charge < -0.3 is 5.11 Å². The number of halogens is 1. The first-order chi connectivity index (χ1) is 8.93. The second kappa shape index (κ2) is 4.84. The van der Waals surface area contributed by atoms with Gasteiger partial charge in [0.05, 0.1) is 5.41 Å². The van der Waals surface area contributed by atoms with Crippen LogP contribution < -0.4 is 0 Å². The standard InChI is InChI=1S/C16H15FO2/c1-16(2,15(18)19)12-8-9-13(14(17)10-12)11-6-4-3-5-7-11/h3-10H,1-2H3,(H,18,19)/i1-1. The van der Waals surface area contributed by atoms with Gasteiger partial charge >= 0.3 is 5.97 Å². The molecule has 2 aromatic rings. The van der Waals surface area contributed by atoms with Crippen molar-refractivity contribution in [2.45, 2.75) is 19.3 Å². The minimum absolute atomic E-state index is 0.405. The fraction of sp³-hybridized carbons (Fsp3) is 0.188. The van der Waals surface area contributed by atoms with Crippen molar-refractivity contribution in [3.05, 3.63) is 59.9 Å². The molecule has 1 unspecified atom stereocenters. The van der Waals surface area contributed by atoms with Crippen LogP contribution in [0, 0.1) is 5.82 Å². The van der Waals surface area contributed by atoms with Gasteiger partial charge in [0.25, 0.3) is 0 Å². The normalized spacial score (nSPS) is 13.8. The van der Waals surface area contributed by atoms with Crippen LogP contribution in [0.4, 0.5) is 4.39 Å². The molecule has 1 atom stereocenters. The first kappa shape index (κ1) is 13.3. The number of aliphatic carboxylic acids is 1. The third kappa shape index (κ3) is 2.50. The van der Waals surface area contributed by atoms with Gasteiger partial charge in [0, 0.05) is 5.56 Å². The molecule has 0 aliphatic carbocycles. The van der Waals surface area contributed by atoms with Crippen LogP contribution in [0.15, 0.2) is 48.5 Å². The lowest BCUT2D eigenvalue weighted by Gasteiger charge is -2.20. The van der Waals surface area contributed by atoms with E-state index in [-0.39, 0.29) is 0 Å². The minimum atomic E-state index is -1.10. The smallest absolute Gasteiger partial charge is 0.313 e. The van der Waals surface area contributed by atoms with E-state index in [0.29, 0.717) is 11.1 Å². The van der Waals surface area contributed by atoms with Crippen LogP contribution >= 0.6 is 0 Å². The Balaban J connectivity index is 2.47. The highest BCUT2D eigenvalue weighted by Crippen LogP contribution is 2.29. The van der Waals surface area contributed by atoms with Crippen molar-refractivity contribution < 1.29 is 14.3 Å². The molecule has 0 bridgehead atoms. The molecule has 3 heteroatoms. The van der Waals surface area contributed by atoms with Crippen molar-refractivity contribution in [3.63, 3.8) is 0 Å². The van der Waals surface area contributed by atoms with Gasteiger partial charge in [0.2, 0.25) is 0 Å². The third-order valence-electron chi connectivity index (χ3n) is 3.31. The summed E-state index contributed by atoms with van der Waals surface area (Å²) in [6.07, 6.45) is 0. The fourth-order valence-electron chi connectivity index (χ4n) is 1.88. The maximum atomic E-state index is 14.1. The van der Waals surface area contributed by atoms with Gasteiger partial charge in [-0.3, -0.25) is 4.79 Å². The molecule has 0 aliphatic rings. The topological polar surface area (TPSA) is 37.3 Å². The maximum absolute atomic E-state index is 14.1. The molecule has 1 N–H and O–H groups in total. The molecule has 2 aromatic carbocycles. The predicted octanol–water partition coefficient (Wildman–Crippen LogP) is 3.85. The Morgan fingerprint density at radius 1 is 1.11 bits per heavy atom. The summed E-state index contributed by atoms with van der Waals surface area (Å²) in [5.74, 6) is -1.38. The Labute approximate surface area is 111 Å². The van der Waals surface area contributed by atoms with Gasteiger partial charge in [-0.15, -0.1) is 0 Å². The number of hydrogen-bond acceptors (Lipinski definition) is 1. The van der Waals surface area contributed by atoms with Gasteiger partial charge in [-0.25, -0.2) is 4.39 Å². The van der Waals surface area contributed by atoms with Crippen LogP contribution in [0.1, 0.15) is 19.4 Å². The maximum Gasteiger partial charge on any atom is 0.313 e. The number of rotatable bonds is 3. The van der Waals surface area contributed by atoms with Gasteiger partial charge in [-0.05, 0) is 31.0 Å². The van der Waals surface area contributed by atoms with E-state index in [2.05, 4.69) is 0 Å². The Morgan fingerprint density at radius 3 is 2.26 bits per heavy atom. The van der Waals surface area contributed by atoms with Crippen molar-refractivity contribution in [3.8, 4) is 11.1 Å². The summed E-state index contributed by atoms with van der Waals surface area (Å²) in [4.78, 5) is 11.2. The Kier molecular flexibility index (Phi) is 3.38. The molecule has 0 saturated heterocycles. The average molecular weight is 257 g/mol. The molecule has 0 fully saturated rings.